The highest BCUT2D eigenvalue weighted by Crippen LogP contribution is 2.18. The molecule has 0 unspecified atom stereocenters. The van der Waals surface area contributed by atoms with E-state index >= 15 is 0 Å². The molecule has 1 aromatic heterocycles. The molecule has 1 amide bonds. The fraction of sp³-hybridized carbons (Fsp3) is 0.357. The predicted octanol–water partition coefficient (Wildman–Crippen LogP) is 2.13. The van der Waals surface area contributed by atoms with Crippen molar-refractivity contribution in [1.82, 2.24) is 10.1 Å². The van der Waals surface area contributed by atoms with Crippen molar-refractivity contribution in [1.29, 1.82) is 5.26 Å². The number of nitrogens with zero attached hydrogens (tertiary/aromatic N) is 3. The highest BCUT2D eigenvalue weighted by Gasteiger charge is 2.19. The minimum absolute atomic E-state index is 0.00897. The number of carbonyl (C=O) groups is 1. The van der Waals surface area contributed by atoms with Crippen molar-refractivity contribution in [2.24, 2.45) is 0 Å². The third kappa shape index (κ3) is 2.74. The molecular formula is C14H15N3O2. The number of carbonyl (C=O) groups excluding carboxylic acids is 1. The summed E-state index contributed by atoms with van der Waals surface area (Å²) in [5.41, 5.74) is 1.28. The van der Waals surface area contributed by atoms with Crippen LogP contribution in [0.5, 0.6) is 0 Å². The van der Waals surface area contributed by atoms with Gasteiger partial charge < -0.3 is 9.42 Å². The Kier molecular flexibility index (Phi) is 3.81. The highest BCUT2D eigenvalue weighted by molar-refractivity contribution is 5.86. The summed E-state index contributed by atoms with van der Waals surface area (Å²) in [5.74, 6) is -0.115. The third-order valence-corrected chi connectivity index (χ3v) is 2.96. The van der Waals surface area contributed by atoms with E-state index in [-0.39, 0.29) is 24.9 Å². The number of hydrogen-bond donors (Lipinski definition) is 0. The van der Waals surface area contributed by atoms with E-state index in [9.17, 15) is 4.79 Å². The minimum Gasteiger partial charge on any atom is -0.356 e. The number of rotatable bonds is 4. The van der Waals surface area contributed by atoms with E-state index in [4.69, 9.17) is 9.78 Å². The summed E-state index contributed by atoms with van der Waals surface area (Å²) in [6, 6.07) is 9.42. The molecule has 19 heavy (non-hydrogen) atoms. The second-order valence-corrected chi connectivity index (χ2v) is 4.58. The summed E-state index contributed by atoms with van der Waals surface area (Å²) in [6.07, 6.45) is 0.150. The number of benzene rings is 1. The van der Waals surface area contributed by atoms with Crippen LogP contribution in [0.2, 0.25) is 0 Å². The smallest absolute Gasteiger partial charge is 0.229 e. The highest BCUT2D eigenvalue weighted by atomic mass is 16.5. The first-order valence-corrected chi connectivity index (χ1v) is 6.13. The zero-order valence-electron chi connectivity index (χ0n) is 11.0. The molecule has 0 aliphatic carbocycles. The first kappa shape index (κ1) is 13.1. The van der Waals surface area contributed by atoms with Crippen LogP contribution in [-0.4, -0.2) is 28.6 Å². The van der Waals surface area contributed by atoms with Gasteiger partial charge in [0.25, 0.3) is 0 Å². The monoisotopic (exact) mass is 257 g/mol. The molecule has 0 aliphatic rings. The number of para-hydroxylation sites is 1. The zero-order chi connectivity index (χ0) is 13.8. The lowest BCUT2D eigenvalue weighted by Crippen LogP contribution is -2.38. The fourth-order valence-electron chi connectivity index (χ4n) is 1.95. The minimum atomic E-state index is -0.115. The summed E-state index contributed by atoms with van der Waals surface area (Å²) in [5, 5.41) is 13.5. The standard InChI is InChI=1S/C14H15N3O2/c1-10(2)17(8-7-15)14(18)9-12-11-5-3-4-6-13(11)19-16-12/h3-6,10H,8-9H2,1-2H3. The van der Waals surface area contributed by atoms with Crippen molar-refractivity contribution in [2.75, 3.05) is 6.54 Å². The maximum atomic E-state index is 12.2. The molecule has 2 aromatic rings. The van der Waals surface area contributed by atoms with Crippen molar-refractivity contribution < 1.29 is 9.32 Å². The second-order valence-electron chi connectivity index (χ2n) is 4.58. The lowest BCUT2D eigenvalue weighted by Gasteiger charge is -2.23. The lowest BCUT2D eigenvalue weighted by atomic mass is 10.1. The predicted molar refractivity (Wildman–Crippen MR) is 70.2 cm³/mol. The number of aromatic nitrogens is 1. The molecule has 0 saturated heterocycles. The summed E-state index contributed by atoms with van der Waals surface area (Å²) < 4.78 is 5.16. The Morgan fingerprint density at radius 3 is 2.89 bits per heavy atom. The molecule has 0 radical (unpaired) electrons. The lowest BCUT2D eigenvalue weighted by molar-refractivity contribution is -0.131. The second kappa shape index (κ2) is 5.53. The Balaban J connectivity index is 2.21. The molecule has 0 N–H and O–H groups in total. The van der Waals surface area contributed by atoms with Crippen molar-refractivity contribution in [2.45, 2.75) is 26.3 Å². The molecule has 0 saturated carbocycles. The third-order valence-electron chi connectivity index (χ3n) is 2.96. The van der Waals surface area contributed by atoms with E-state index in [1.807, 2.05) is 44.2 Å². The van der Waals surface area contributed by atoms with Gasteiger partial charge in [-0.2, -0.15) is 5.26 Å². The Hall–Kier alpha value is -2.35. The Bertz CT molecular complexity index is 625. The van der Waals surface area contributed by atoms with Gasteiger partial charge in [0, 0.05) is 11.4 Å². The largest absolute Gasteiger partial charge is 0.356 e. The van der Waals surface area contributed by atoms with E-state index in [1.54, 1.807) is 0 Å². The average Bonchev–Trinajstić information content (AvgIpc) is 2.79. The summed E-state index contributed by atoms with van der Waals surface area (Å²) in [7, 11) is 0. The van der Waals surface area contributed by atoms with Gasteiger partial charge >= 0.3 is 0 Å². The maximum absolute atomic E-state index is 12.2. The van der Waals surface area contributed by atoms with Gasteiger partial charge in [0.15, 0.2) is 5.58 Å². The molecule has 1 heterocycles. The Morgan fingerprint density at radius 2 is 2.21 bits per heavy atom. The van der Waals surface area contributed by atoms with Crippen LogP contribution < -0.4 is 0 Å². The quantitative estimate of drug-likeness (QED) is 0.787. The van der Waals surface area contributed by atoms with Gasteiger partial charge in [-0.15, -0.1) is 0 Å². The molecule has 0 aliphatic heterocycles. The average molecular weight is 257 g/mol. The molecular weight excluding hydrogens is 242 g/mol. The molecule has 0 bridgehead atoms. The van der Waals surface area contributed by atoms with Crippen LogP contribution in [0.25, 0.3) is 11.0 Å². The Labute approximate surface area is 111 Å². The zero-order valence-corrected chi connectivity index (χ0v) is 11.0. The van der Waals surface area contributed by atoms with Gasteiger partial charge in [-0.25, -0.2) is 0 Å². The number of hydrogen-bond acceptors (Lipinski definition) is 4. The van der Waals surface area contributed by atoms with Gasteiger partial charge in [0.1, 0.15) is 12.2 Å². The number of amides is 1. The van der Waals surface area contributed by atoms with Crippen molar-refractivity contribution in [3.8, 4) is 6.07 Å². The van der Waals surface area contributed by atoms with Gasteiger partial charge in [-0.05, 0) is 26.0 Å². The van der Waals surface area contributed by atoms with Gasteiger partial charge in [0.05, 0.1) is 12.5 Å². The van der Waals surface area contributed by atoms with E-state index in [0.717, 1.165) is 5.39 Å². The van der Waals surface area contributed by atoms with Crippen LogP contribution >= 0.6 is 0 Å². The number of nitriles is 1. The first-order chi connectivity index (χ1) is 9.13. The number of fused-ring (bicyclic) bond motifs is 1. The topological polar surface area (TPSA) is 70.1 Å². The van der Waals surface area contributed by atoms with Crippen LogP contribution in [0.4, 0.5) is 0 Å². The normalized spacial score (nSPS) is 10.6. The van der Waals surface area contributed by atoms with E-state index < -0.39 is 0 Å². The Morgan fingerprint density at radius 1 is 1.47 bits per heavy atom. The van der Waals surface area contributed by atoms with Crippen LogP contribution in [0.3, 0.4) is 0 Å². The molecule has 5 nitrogen and oxygen atoms in total. The molecule has 0 spiro atoms. The van der Waals surface area contributed by atoms with E-state index in [1.165, 1.54) is 4.90 Å². The first-order valence-electron chi connectivity index (χ1n) is 6.13. The van der Waals surface area contributed by atoms with Gasteiger partial charge in [-0.1, -0.05) is 17.3 Å². The van der Waals surface area contributed by atoms with Gasteiger partial charge in [-0.3, -0.25) is 4.79 Å². The summed E-state index contributed by atoms with van der Waals surface area (Å²) in [4.78, 5) is 13.7. The van der Waals surface area contributed by atoms with Crippen LogP contribution in [0.1, 0.15) is 19.5 Å². The maximum Gasteiger partial charge on any atom is 0.229 e. The summed E-state index contributed by atoms with van der Waals surface area (Å²) >= 11 is 0. The van der Waals surface area contributed by atoms with E-state index in [2.05, 4.69) is 5.16 Å². The van der Waals surface area contributed by atoms with Crippen LogP contribution in [0.15, 0.2) is 28.8 Å². The van der Waals surface area contributed by atoms with Crippen molar-refractivity contribution in [3.05, 3.63) is 30.0 Å². The molecule has 0 fully saturated rings. The van der Waals surface area contributed by atoms with Crippen LogP contribution in [-0.2, 0) is 11.2 Å². The van der Waals surface area contributed by atoms with Crippen molar-refractivity contribution >= 4 is 16.9 Å². The molecule has 0 atom stereocenters. The van der Waals surface area contributed by atoms with Gasteiger partial charge in [0.2, 0.25) is 5.91 Å². The fourth-order valence-corrected chi connectivity index (χ4v) is 1.95. The van der Waals surface area contributed by atoms with Crippen LogP contribution in [0, 0.1) is 11.3 Å². The molecule has 5 heteroatoms. The SMILES string of the molecule is CC(C)N(CC#N)C(=O)Cc1noc2ccccc12. The molecule has 98 valence electrons. The molecule has 2 rings (SSSR count). The molecule has 1 aromatic carbocycles. The van der Waals surface area contributed by atoms with E-state index in [0.29, 0.717) is 11.3 Å². The summed E-state index contributed by atoms with van der Waals surface area (Å²) in [6.45, 7) is 3.86. The van der Waals surface area contributed by atoms with Crippen molar-refractivity contribution in [3.63, 3.8) is 0 Å².